The van der Waals surface area contributed by atoms with Crippen LogP contribution in [0.2, 0.25) is 0 Å². The molecule has 7 heteroatoms. The molecule has 2 heterocycles. The maximum absolute atomic E-state index is 13.6. The molecule has 7 atom stereocenters. The lowest BCUT2D eigenvalue weighted by Gasteiger charge is -2.51. The molecule has 2 saturated heterocycles. The molecular weight excluding hydrogens is 502 g/mol. The number of ether oxygens (including phenoxy) is 2. The molecule has 2 aromatic rings. The number of hydrogen-bond acceptors (Lipinski definition) is 6. The first-order valence-electron chi connectivity index (χ1n) is 15.1. The zero-order valence-electron chi connectivity index (χ0n) is 24.5. The SMILES string of the molecule is C[C@@H]1[C@H](CN2[C@@H](C(=O)NC(C)(C)C)CC[C@H]3CCCC[C@H]32)O[C@H](c2cccc(N)c2)O[C@@H]1c1ccc(CO)cc1. The third-order valence-corrected chi connectivity index (χ3v) is 9.00. The fraction of sp³-hybridized carbons (Fsp3) is 0.606. The van der Waals surface area contributed by atoms with Crippen molar-refractivity contribution in [3.8, 4) is 0 Å². The molecule has 1 amide bonds. The Kier molecular flexibility index (Phi) is 8.86. The minimum absolute atomic E-state index is 0.00848. The van der Waals surface area contributed by atoms with Gasteiger partial charge < -0.3 is 25.6 Å². The summed E-state index contributed by atoms with van der Waals surface area (Å²) < 4.78 is 13.4. The van der Waals surface area contributed by atoms with Gasteiger partial charge in [0, 0.05) is 35.3 Å². The Balaban J connectivity index is 1.46. The summed E-state index contributed by atoms with van der Waals surface area (Å²) in [6.07, 6.45) is 5.94. The van der Waals surface area contributed by atoms with Crippen LogP contribution in [0.1, 0.15) is 95.3 Å². The number of hydrogen-bond donors (Lipinski definition) is 3. The van der Waals surface area contributed by atoms with E-state index in [4.69, 9.17) is 15.2 Å². The van der Waals surface area contributed by atoms with Gasteiger partial charge in [-0.2, -0.15) is 0 Å². The number of nitrogen functional groups attached to an aromatic ring is 1. The van der Waals surface area contributed by atoms with E-state index in [1.54, 1.807) is 0 Å². The van der Waals surface area contributed by atoms with Crippen LogP contribution in [0, 0.1) is 11.8 Å². The van der Waals surface area contributed by atoms with Crippen LogP contribution in [0.3, 0.4) is 0 Å². The predicted octanol–water partition coefficient (Wildman–Crippen LogP) is 5.49. The number of benzene rings is 2. The van der Waals surface area contributed by atoms with Gasteiger partial charge in [0.15, 0.2) is 6.29 Å². The van der Waals surface area contributed by atoms with Crippen molar-refractivity contribution < 1.29 is 19.4 Å². The van der Waals surface area contributed by atoms with Crippen LogP contribution < -0.4 is 11.1 Å². The Morgan fingerprint density at radius 1 is 1.02 bits per heavy atom. The molecule has 1 saturated carbocycles. The summed E-state index contributed by atoms with van der Waals surface area (Å²) in [6, 6.07) is 15.9. The normalized spacial score (nSPS) is 31.4. The van der Waals surface area contributed by atoms with Gasteiger partial charge in [-0.15, -0.1) is 0 Å². The maximum atomic E-state index is 13.6. The molecule has 0 unspecified atom stereocenters. The molecule has 4 N–H and O–H groups in total. The molecule has 3 fully saturated rings. The predicted molar refractivity (Wildman–Crippen MR) is 157 cm³/mol. The van der Waals surface area contributed by atoms with Crippen molar-refractivity contribution in [2.45, 2.75) is 109 Å². The number of aliphatic hydroxyl groups excluding tert-OH is 1. The van der Waals surface area contributed by atoms with Crippen LogP contribution in [0.5, 0.6) is 0 Å². The van der Waals surface area contributed by atoms with Crippen LogP contribution in [0.4, 0.5) is 5.69 Å². The number of nitrogens with two attached hydrogens (primary N) is 1. The minimum atomic E-state index is -0.569. The fourth-order valence-corrected chi connectivity index (χ4v) is 6.97. The molecule has 2 aromatic carbocycles. The molecule has 3 aliphatic rings. The number of carbonyl (C=O) groups excluding carboxylic acids is 1. The van der Waals surface area contributed by atoms with E-state index >= 15 is 0 Å². The van der Waals surface area contributed by atoms with Crippen molar-refractivity contribution in [1.29, 1.82) is 0 Å². The van der Waals surface area contributed by atoms with Gasteiger partial charge in [0.25, 0.3) is 0 Å². The number of nitrogens with zero attached hydrogens (tertiary/aromatic N) is 1. The highest BCUT2D eigenvalue weighted by Gasteiger charge is 2.46. The second-order valence-electron chi connectivity index (χ2n) is 13.1. The summed E-state index contributed by atoms with van der Waals surface area (Å²) in [5, 5.41) is 12.8. The van der Waals surface area contributed by atoms with Gasteiger partial charge in [-0.3, -0.25) is 9.69 Å². The summed E-state index contributed by atoms with van der Waals surface area (Å²) >= 11 is 0. The number of fused-ring (bicyclic) bond motifs is 1. The number of carbonyl (C=O) groups is 1. The highest BCUT2D eigenvalue weighted by Crippen LogP contribution is 2.44. The quantitative estimate of drug-likeness (QED) is 0.412. The Morgan fingerprint density at radius 3 is 2.48 bits per heavy atom. The third-order valence-electron chi connectivity index (χ3n) is 9.00. The number of aliphatic hydroxyl groups is 1. The zero-order chi connectivity index (χ0) is 28.4. The fourth-order valence-electron chi connectivity index (χ4n) is 6.97. The molecule has 40 heavy (non-hydrogen) atoms. The monoisotopic (exact) mass is 549 g/mol. The standard InChI is InChI=1S/C33H47N3O4/c1-21-29(19-36-27-11-6-5-8-23(27)16-17-28(36)31(38)35-33(2,3)4)39-32(25-9-7-10-26(34)18-25)40-30(21)24-14-12-22(20-37)13-15-24/h7,9-10,12-15,18,21,23,27-30,32,37H,5-6,8,11,16-17,19-20,34H2,1-4H3,(H,35,38)/t21-,23-,27-,28-,29+,30+,32+/m1/s1. The van der Waals surface area contributed by atoms with E-state index in [2.05, 4.69) is 17.1 Å². The lowest BCUT2D eigenvalue weighted by molar-refractivity contribution is -0.278. The molecule has 0 radical (unpaired) electrons. The average molecular weight is 550 g/mol. The molecule has 218 valence electrons. The van der Waals surface area contributed by atoms with Crippen LogP contribution in [0.15, 0.2) is 48.5 Å². The van der Waals surface area contributed by atoms with E-state index < -0.39 is 6.29 Å². The molecule has 7 nitrogen and oxygen atoms in total. The summed E-state index contributed by atoms with van der Waals surface area (Å²) in [5.74, 6) is 0.807. The van der Waals surface area contributed by atoms with Crippen LogP contribution in [0.25, 0.3) is 0 Å². The van der Waals surface area contributed by atoms with Crippen molar-refractivity contribution >= 4 is 11.6 Å². The first-order chi connectivity index (χ1) is 19.1. The Morgan fingerprint density at radius 2 is 1.77 bits per heavy atom. The van der Waals surface area contributed by atoms with Gasteiger partial charge in [-0.05, 0) is 75.6 Å². The highest BCUT2D eigenvalue weighted by atomic mass is 16.7. The number of anilines is 1. The number of likely N-dealkylation sites (tertiary alicyclic amines) is 1. The van der Waals surface area contributed by atoms with Crippen molar-refractivity contribution in [2.24, 2.45) is 11.8 Å². The Hall–Kier alpha value is -2.45. The zero-order valence-corrected chi connectivity index (χ0v) is 24.5. The van der Waals surface area contributed by atoms with Crippen LogP contribution in [-0.2, 0) is 20.9 Å². The molecule has 0 spiro atoms. The molecule has 5 rings (SSSR count). The lowest BCUT2D eigenvalue weighted by atomic mass is 9.75. The molecule has 2 aliphatic heterocycles. The van der Waals surface area contributed by atoms with Crippen molar-refractivity contribution in [1.82, 2.24) is 10.2 Å². The van der Waals surface area contributed by atoms with Gasteiger partial charge in [-0.1, -0.05) is 56.2 Å². The molecule has 0 aromatic heterocycles. The largest absolute Gasteiger partial charge is 0.399 e. The number of piperidine rings is 1. The first kappa shape index (κ1) is 29.1. The van der Waals surface area contributed by atoms with Crippen molar-refractivity contribution in [3.05, 3.63) is 65.2 Å². The van der Waals surface area contributed by atoms with E-state index in [9.17, 15) is 9.90 Å². The van der Waals surface area contributed by atoms with E-state index in [0.717, 1.165) is 36.0 Å². The summed E-state index contributed by atoms with van der Waals surface area (Å²) in [4.78, 5) is 16.1. The molecule has 1 aliphatic carbocycles. The van der Waals surface area contributed by atoms with Crippen LogP contribution in [-0.4, -0.2) is 46.2 Å². The summed E-state index contributed by atoms with van der Waals surface area (Å²) in [6.45, 7) is 9.03. The smallest absolute Gasteiger partial charge is 0.237 e. The van der Waals surface area contributed by atoms with Gasteiger partial charge in [0.05, 0.1) is 24.9 Å². The van der Waals surface area contributed by atoms with E-state index in [0.29, 0.717) is 24.2 Å². The van der Waals surface area contributed by atoms with Crippen molar-refractivity contribution in [2.75, 3.05) is 12.3 Å². The van der Waals surface area contributed by atoms with Crippen LogP contribution >= 0.6 is 0 Å². The first-order valence-corrected chi connectivity index (χ1v) is 15.1. The van der Waals surface area contributed by atoms with Gasteiger partial charge in [0.1, 0.15) is 0 Å². The number of amides is 1. The van der Waals surface area contributed by atoms with E-state index in [1.807, 2.05) is 69.3 Å². The van der Waals surface area contributed by atoms with Gasteiger partial charge >= 0.3 is 0 Å². The Bertz CT molecular complexity index is 1150. The minimum Gasteiger partial charge on any atom is -0.399 e. The van der Waals surface area contributed by atoms with Gasteiger partial charge in [-0.25, -0.2) is 0 Å². The van der Waals surface area contributed by atoms with Crippen molar-refractivity contribution in [3.63, 3.8) is 0 Å². The van der Waals surface area contributed by atoms with E-state index in [1.165, 1.54) is 19.3 Å². The average Bonchev–Trinajstić information content (AvgIpc) is 2.93. The third kappa shape index (κ3) is 6.54. The number of rotatable bonds is 6. The topological polar surface area (TPSA) is 97.1 Å². The van der Waals surface area contributed by atoms with Gasteiger partial charge in [0.2, 0.25) is 5.91 Å². The highest BCUT2D eigenvalue weighted by molar-refractivity contribution is 5.82. The summed E-state index contributed by atoms with van der Waals surface area (Å²) in [7, 11) is 0. The lowest BCUT2D eigenvalue weighted by Crippen LogP contribution is -2.61. The van der Waals surface area contributed by atoms with E-state index in [-0.39, 0.29) is 42.2 Å². The summed E-state index contributed by atoms with van der Waals surface area (Å²) in [5.41, 5.74) is 9.36. The maximum Gasteiger partial charge on any atom is 0.237 e. The number of nitrogens with one attached hydrogen (secondary N) is 1. The second-order valence-corrected chi connectivity index (χ2v) is 13.1. The molecule has 0 bridgehead atoms. The second kappa shape index (κ2) is 12.2. The molecular formula is C33H47N3O4. The Labute approximate surface area is 239 Å².